The first-order chi connectivity index (χ1) is 15.0. The molecule has 0 radical (unpaired) electrons. The molecule has 3 aromatic heterocycles. The normalized spacial score (nSPS) is 14.4. The summed E-state index contributed by atoms with van der Waals surface area (Å²) in [5, 5.41) is 12.7. The number of aryl methyl sites for hydroxylation is 2. The van der Waals surface area contributed by atoms with Crippen molar-refractivity contribution in [2.45, 2.75) is 6.92 Å². The van der Waals surface area contributed by atoms with E-state index in [9.17, 15) is 9.59 Å². The molecular weight excluding hydrogens is 416 g/mol. The minimum Gasteiger partial charge on any atom is -0.336 e. The molecule has 0 atom stereocenters. The Balaban J connectivity index is 1.35. The van der Waals surface area contributed by atoms with E-state index in [4.69, 9.17) is 0 Å². The van der Waals surface area contributed by atoms with Gasteiger partial charge in [-0.2, -0.15) is 4.68 Å². The topological polar surface area (TPSA) is 102 Å². The minimum atomic E-state index is -0.129. The molecule has 158 valence electrons. The minimum absolute atomic E-state index is 0.0649. The summed E-state index contributed by atoms with van der Waals surface area (Å²) in [6.45, 7) is 4.13. The van der Waals surface area contributed by atoms with E-state index in [0.29, 0.717) is 52.8 Å². The van der Waals surface area contributed by atoms with Crippen LogP contribution < -0.4 is 10.5 Å². The van der Waals surface area contributed by atoms with Gasteiger partial charge in [-0.15, -0.1) is 11.3 Å². The smallest absolute Gasteiger partial charge is 0.264 e. The third-order valence-electron chi connectivity index (χ3n) is 5.51. The van der Waals surface area contributed by atoms with Crippen LogP contribution in [0.1, 0.15) is 15.2 Å². The van der Waals surface area contributed by atoms with Crippen LogP contribution in [0.25, 0.3) is 15.9 Å². The van der Waals surface area contributed by atoms with Crippen molar-refractivity contribution in [2.24, 2.45) is 7.05 Å². The van der Waals surface area contributed by atoms with Crippen molar-refractivity contribution in [3.05, 3.63) is 57.5 Å². The molecular formula is C20H20N8O2S. The van der Waals surface area contributed by atoms with Gasteiger partial charge in [-0.05, 0) is 35.0 Å². The van der Waals surface area contributed by atoms with Crippen LogP contribution in [0.5, 0.6) is 0 Å². The van der Waals surface area contributed by atoms with E-state index in [1.165, 1.54) is 22.2 Å². The zero-order valence-electron chi connectivity index (χ0n) is 17.1. The summed E-state index contributed by atoms with van der Waals surface area (Å²) in [5.41, 5.74) is 1.46. The highest BCUT2D eigenvalue weighted by Crippen LogP contribution is 2.28. The molecule has 1 aliphatic heterocycles. The molecule has 31 heavy (non-hydrogen) atoms. The van der Waals surface area contributed by atoms with Gasteiger partial charge in [0.2, 0.25) is 5.95 Å². The van der Waals surface area contributed by atoms with E-state index < -0.39 is 0 Å². The van der Waals surface area contributed by atoms with Crippen LogP contribution >= 0.6 is 11.3 Å². The molecule has 0 saturated carbocycles. The molecule has 0 aliphatic carbocycles. The predicted molar refractivity (Wildman–Crippen MR) is 117 cm³/mol. The number of carbonyl (C=O) groups excluding carboxylic acids is 1. The van der Waals surface area contributed by atoms with Crippen LogP contribution in [-0.4, -0.2) is 66.7 Å². The van der Waals surface area contributed by atoms with Gasteiger partial charge >= 0.3 is 0 Å². The van der Waals surface area contributed by atoms with Gasteiger partial charge < -0.3 is 14.4 Å². The van der Waals surface area contributed by atoms with Gasteiger partial charge in [-0.1, -0.05) is 23.3 Å². The molecule has 10 nitrogen and oxygen atoms in total. The molecule has 4 aromatic rings. The Morgan fingerprint density at radius 3 is 2.58 bits per heavy atom. The zero-order chi connectivity index (χ0) is 21.5. The fourth-order valence-corrected chi connectivity index (χ4v) is 4.89. The van der Waals surface area contributed by atoms with Gasteiger partial charge in [0.25, 0.3) is 11.5 Å². The lowest BCUT2D eigenvalue weighted by Gasteiger charge is -2.34. The van der Waals surface area contributed by atoms with Crippen LogP contribution in [0.15, 0.2) is 41.5 Å². The van der Waals surface area contributed by atoms with E-state index in [0.717, 1.165) is 5.69 Å². The van der Waals surface area contributed by atoms with Crippen molar-refractivity contribution in [2.75, 3.05) is 31.1 Å². The van der Waals surface area contributed by atoms with E-state index in [1.807, 2.05) is 42.2 Å². The maximum absolute atomic E-state index is 13.2. The summed E-state index contributed by atoms with van der Waals surface area (Å²) >= 11 is 1.28. The van der Waals surface area contributed by atoms with Gasteiger partial charge in [-0.25, -0.2) is 4.98 Å². The van der Waals surface area contributed by atoms with E-state index in [1.54, 1.807) is 11.7 Å². The zero-order valence-corrected chi connectivity index (χ0v) is 17.9. The Bertz CT molecular complexity index is 1320. The third-order valence-corrected chi connectivity index (χ3v) is 6.70. The van der Waals surface area contributed by atoms with Gasteiger partial charge in [0.15, 0.2) is 0 Å². The van der Waals surface area contributed by atoms with Gasteiger partial charge in [0.1, 0.15) is 4.83 Å². The fraction of sp³-hybridized carbons (Fsp3) is 0.300. The second-order valence-electron chi connectivity index (χ2n) is 7.40. The Kier molecular flexibility index (Phi) is 4.74. The third kappa shape index (κ3) is 3.26. The maximum atomic E-state index is 13.2. The number of rotatable bonds is 3. The van der Waals surface area contributed by atoms with Gasteiger partial charge in [0.05, 0.1) is 22.3 Å². The van der Waals surface area contributed by atoms with Crippen LogP contribution in [-0.2, 0) is 7.05 Å². The SMILES string of the molecule is Cc1c(C(=O)N2CCN(c3nnnn3-c3ccccc3)CC2)sc2ncn(C)c(=O)c12. The van der Waals surface area contributed by atoms with Crippen LogP contribution in [0.2, 0.25) is 0 Å². The van der Waals surface area contributed by atoms with Crippen molar-refractivity contribution in [1.82, 2.24) is 34.7 Å². The van der Waals surface area contributed by atoms with E-state index in [-0.39, 0.29) is 11.5 Å². The summed E-state index contributed by atoms with van der Waals surface area (Å²) < 4.78 is 3.14. The highest BCUT2D eigenvalue weighted by molar-refractivity contribution is 7.20. The monoisotopic (exact) mass is 436 g/mol. The van der Waals surface area contributed by atoms with Crippen molar-refractivity contribution >= 4 is 33.4 Å². The number of nitrogens with zero attached hydrogens (tertiary/aromatic N) is 8. The average Bonchev–Trinajstić information content (AvgIpc) is 3.42. The fourth-order valence-electron chi connectivity index (χ4n) is 3.78. The molecule has 1 amide bonds. The number of piperazine rings is 1. The summed E-state index contributed by atoms with van der Waals surface area (Å²) in [6, 6.07) is 9.71. The molecule has 1 aromatic carbocycles. The Morgan fingerprint density at radius 2 is 1.84 bits per heavy atom. The molecule has 5 rings (SSSR count). The number of anilines is 1. The van der Waals surface area contributed by atoms with Crippen molar-refractivity contribution in [3.63, 3.8) is 0 Å². The lowest BCUT2D eigenvalue weighted by molar-refractivity contribution is 0.0750. The van der Waals surface area contributed by atoms with Crippen LogP contribution in [0, 0.1) is 6.92 Å². The number of hydrogen-bond donors (Lipinski definition) is 0. The molecule has 11 heteroatoms. The van der Waals surface area contributed by atoms with Crippen molar-refractivity contribution < 1.29 is 4.79 Å². The summed E-state index contributed by atoms with van der Waals surface area (Å²) in [7, 11) is 1.66. The average molecular weight is 437 g/mol. The Labute approximate surface area is 181 Å². The lowest BCUT2D eigenvalue weighted by Crippen LogP contribution is -2.49. The second kappa shape index (κ2) is 7.58. The Hall–Kier alpha value is -3.60. The summed E-state index contributed by atoms with van der Waals surface area (Å²) in [4.78, 5) is 35.0. The number of benzene rings is 1. The molecule has 1 fully saturated rings. The first-order valence-corrected chi connectivity index (χ1v) is 10.7. The van der Waals surface area contributed by atoms with Crippen molar-refractivity contribution in [1.29, 1.82) is 0 Å². The molecule has 0 spiro atoms. The van der Waals surface area contributed by atoms with Crippen LogP contribution in [0.4, 0.5) is 5.95 Å². The molecule has 0 bridgehead atoms. The highest BCUT2D eigenvalue weighted by Gasteiger charge is 2.28. The molecule has 4 heterocycles. The first-order valence-electron chi connectivity index (χ1n) is 9.87. The first kappa shape index (κ1) is 19.4. The lowest BCUT2D eigenvalue weighted by atomic mass is 10.2. The maximum Gasteiger partial charge on any atom is 0.264 e. The van der Waals surface area contributed by atoms with Gasteiger partial charge in [-0.3, -0.25) is 9.59 Å². The molecule has 1 aliphatic rings. The van der Waals surface area contributed by atoms with E-state index in [2.05, 4.69) is 25.4 Å². The number of carbonyl (C=O) groups is 1. The summed E-state index contributed by atoms with van der Waals surface area (Å²) in [5.74, 6) is 0.592. The quantitative estimate of drug-likeness (QED) is 0.476. The summed E-state index contributed by atoms with van der Waals surface area (Å²) in [6.07, 6.45) is 1.49. The number of hydrogen-bond acceptors (Lipinski definition) is 8. The molecule has 0 unspecified atom stereocenters. The predicted octanol–water partition coefficient (Wildman–Crippen LogP) is 1.24. The molecule has 1 saturated heterocycles. The number of aromatic nitrogens is 6. The second-order valence-corrected chi connectivity index (χ2v) is 8.40. The van der Waals surface area contributed by atoms with Crippen LogP contribution in [0.3, 0.4) is 0 Å². The van der Waals surface area contributed by atoms with Crippen molar-refractivity contribution in [3.8, 4) is 5.69 Å². The largest absolute Gasteiger partial charge is 0.336 e. The number of tetrazole rings is 1. The molecule has 0 N–H and O–H groups in total. The standard InChI is InChI=1S/C20H20N8O2S/c1-13-15-17(21-12-25(2)18(15)29)31-16(13)19(30)26-8-10-27(11-9-26)20-22-23-24-28(20)14-6-4-3-5-7-14/h3-7,12H,8-11H2,1-2H3. The Morgan fingerprint density at radius 1 is 1.10 bits per heavy atom. The van der Waals surface area contributed by atoms with E-state index >= 15 is 0 Å². The number of thiophene rings is 1. The van der Waals surface area contributed by atoms with Gasteiger partial charge in [0, 0.05) is 33.2 Å². The number of para-hydroxylation sites is 1. The number of amides is 1. The number of fused-ring (bicyclic) bond motifs is 1. The highest BCUT2D eigenvalue weighted by atomic mass is 32.1.